The van der Waals surface area contributed by atoms with E-state index in [1.54, 1.807) is 6.92 Å². The van der Waals surface area contributed by atoms with Gasteiger partial charge in [0.15, 0.2) is 0 Å². The maximum absolute atomic E-state index is 12.2. The number of aromatic nitrogens is 2. The number of hydrogen-bond donors (Lipinski definition) is 1. The van der Waals surface area contributed by atoms with Gasteiger partial charge < -0.3 is 5.32 Å². The van der Waals surface area contributed by atoms with Gasteiger partial charge in [-0.05, 0) is 26.8 Å². The van der Waals surface area contributed by atoms with Gasteiger partial charge in [-0.2, -0.15) is 13.2 Å². The molecule has 0 aliphatic rings. The summed E-state index contributed by atoms with van der Waals surface area (Å²) in [4.78, 5) is 7.70. The van der Waals surface area contributed by atoms with E-state index in [-0.39, 0.29) is 11.9 Å². The summed E-state index contributed by atoms with van der Waals surface area (Å²) in [7, 11) is 0. The lowest BCUT2D eigenvalue weighted by atomic mass is 10.1. The van der Waals surface area contributed by atoms with Crippen LogP contribution in [0.3, 0.4) is 0 Å². The molecule has 0 aromatic carbocycles. The van der Waals surface area contributed by atoms with Gasteiger partial charge in [0, 0.05) is 23.5 Å². The fourth-order valence-corrected chi connectivity index (χ4v) is 1.68. The lowest BCUT2D eigenvalue weighted by Crippen LogP contribution is -2.21. The van der Waals surface area contributed by atoms with Crippen molar-refractivity contribution in [3.8, 4) is 0 Å². The van der Waals surface area contributed by atoms with Gasteiger partial charge in [0.05, 0.1) is 0 Å². The third-order valence-electron chi connectivity index (χ3n) is 2.59. The molecular weight excluding hydrogens is 243 g/mol. The van der Waals surface area contributed by atoms with E-state index in [1.807, 2.05) is 6.92 Å². The fraction of sp³-hybridized carbons (Fsp3) is 0.667. The number of alkyl halides is 3. The van der Waals surface area contributed by atoms with Crippen molar-refractivity contribution in [1.82, 2.24) is 15.3 Å². The van der Waals surface area contributed by atoms with E-state index in [2.05, 4.69) is 22.2 Å². The number of nitrogens with zero attached hydrogens (tertiary/aromatic N) is 2. The molecule has 1 N–H and O–H groups in total. The van der Waals surface area contributed by atoms with Crippen molar-refractivity contribution in [2.75, 3.05) is 6.54 Å². The highest BCUT2D eigenvalue weighted by atomic mass is 19.4. The molecular formula is C12H18F3N3. The van der Waals surface area contributed by atoms with E-state index >= 15 is 0 Å². The molecule has 0 amide bonds. The van der Waals surface area contributed by atoms with Crippen molar-refractivity contribution in [3.63, 3.8) is 0 Å². The summed E-state index contributed by atoms with van der Waals surface area (Å²) in [5.41, 5.74) is 1.44. The predicted octanol–water partition coefficient (Wildman–Crippen LogP) is 2.95. The Morgan fingerprint density at radius 3 is 2.56 bits per heavy atom. The lowest BCUT2D eigenvalue weighted by Gasteiger charge is -2.16. The predicted molar refractivity (Wildman–Crippen MR) is 63.2 cm³/mol. The second-order valence-corrected chi connectivity index (χ2v) is 4.29. The van der Waals surface area contributed by atoms with Crippen LogP contribution in [-0.2, 0) is 6.42 Å². The molecule has 1 heterocycles. The zero-order chi connectivity index (χ0) is 13.8. The first-order valence-electron chi connectivity index (χ1n) is 5.96. The standard InChI is InChI=1S/C12H18F3N3/c1-4-5-16-8(2)10-7-17-11(18-9(10)3)6-12(13,14)15/h7-8,16H,4-6H2,1-3H3. The molecule has 1 rings (SSSR count). The van der Waals surface area contributed by atoms with Gasteiger partial charge in [0.2, 0.25) is 0 Å². The molecule has 0 radical (unpaired) electrons. The van der Waals surface area contributed by atoms with E-state index in [9.17, 15) is 13.2 Å². The van der Waals surface area contributed by atoms with Gasteiger partial charge in [-0.25, -0.2) is 9.97 Å². The quantitative estimate of drug-likeness (QED) is 0.885. The summed E-state index contributed by atoms with van der Waals surface area (Å²) in [5.74, 6) is -0.175. The molecule has 3 nitrogen and oxygen atoms in total. The van der Waals surface area contributed by atoms with Crippen molar-refractivity contribution in [2.45, 2.75) is 45.8 Å². The molecule has 0 saturated heterocycles. The van der Waals surface area contributed by atoms with Crippen molar-refractivity contribution in [3.05, 3.63) is 23.3 Å². The number of rotatable bonds is 5. The van der Waals surface area contributed by atoms with Crippen LogP contribution >= 0.6 is 0 Å². The van der Waals surface area contributed by atoms with Crippen LogP contribution in [0.15, 0.2) is 6.20 Å². The minimum atomic E-state index is -4.26. The minimum absolute atomic E-state index is 0.0462. The first-order valence-corrected chi connectivity index (χ1v) is 5.96. The normalized spacial score (nSPS) is 13.7. The molecule has 0 fully saturated rings. The van der Waals surface area contributed by atoms with Gasteiger partial charge in [0.25, 0.3) is 0 Å². The van der Waals surface area contributed by atoms with Crippen LogP contribution in [-0.4, -0.2) is 22.7 Å². The fourth-order valence-electron chi connectivity index (χ4n) is 1.68. The largest absolute Gasteiger partial charge is 0.396 e. The molecule has 0 bridgehead atoms. The van der Waals surface area contributed by atoms with Crippen LogP contribution < -0.4 is 5.32 Å². The van der Waals surface area contributed by atoms with E-state index in [0.717, 1.165) is 18.5 Å². The van der Waals surface area contributed by atoms with Crippen LogP contribution in [0.2, 0.25) is 0 Å². The third-order valence-corrected chi connectivity index (χ3v) is 2.59. The second kappa shape index (κ2) is 6.13. The summed E-state index contributed by atoms with van der Waals surface area (Å²) in [6.45, 7) is 6.56. The Balaban J connectivity index is 2.79. The molecule has 6 heteroatoms. The molecule has 1 aromatic rings. The van der Waals surface area contributed by atoms with Gasteiger partial charge >= 0.3 is 6.18 Å². The van der Waals surface area contributed by atoms with E-state index in [4.69, 9.17) is 0 Å². The second-order valence-electron chi connectivity index (χ2n) is 4.29. The average molecular weight is 261 g/mol. The van der Waals surface area contributed by atoms with Crippen molar-refractivity contribution >= 4 is 0 Å². The van der Waals surface area contributed by atoms with Crippen LogP contribution in [0.4, 0.5) is 13.2 Å². The molecule has 0 saturated carbocycles. The summed E-state index contributed by atoms with van der Waals surface area (Å²) in [6, 6.07) is 0.0462. The van der Waals surface area contributed by atoms with Gasteiger partial charge in [0.1, 0.15) is 12.2 Å². The van der Waals surface area contributed by atoms with E-state index < -0.39 is 12.6 Å². The SMILES string of the molecule is CCCNC(C)c1cnc(CC(F)(F)F)nc1C. The van der Waals surface area contributed by atoms with Crippen molar-refractivity contribution in [1.29, 1.82) is 0 Å². The molecule has 0 aliphatic carbocycles. The number of aryl methyl sites for hydroxylation is 1. The molecule has 1 unspecified atom stereocenters. The van der Waals surface area contributed by atoms with Crippen LogP contribution in [0.1, 0.15) is 43.4 Å². The van der Waals surface area contributed by atoms with Crippen LogP contribution in [0.5, 0.6) is 0 Å². The Hall–Kier alpha value is -1.17. The smallest absolute Gasteiger partial charge is 0.310 e. The average Bonchev–Trinajstić information content (AvgIpc) is 2.23. The molecule has 18 heavy (non-hydrogen) atoms. The van der Waals surface area contributed by atoms with Gasteiger partial charge in [-0.3, -0.25) is 0 Å². The Morgan fingerprint density at radius 2 is 2.06 bits per heavy atom. The molecule has 0 aliphatic heterocycles. The van der Waals surface area contributed by atoms with Gasteiger partial charge in [-0.1, -0.05) is 6.92 Å². The highest BCUT2D eigenvalue weighted by molar-refractivity contribution is 5.20. The first kappa shape index (κ1) is 14.9. The van der Waals surface area contributed by atoms with Gasteiger partial charge in [-0.15, -0.1) is 0 Å². The number of halogens is 3. The van der Waals surface area contributed by atoms with Crippen molar-refractivity contribution in [2.24, 2.45) is 0 Å². The Kier molecular flexibility index (Phi) is 5.07. The number of hydrogen-bond acceptors (Lipinski definition) is 3. The lowest BCUT2D eigenvalue weighted by molar-refractivity contribution is -0.128. The van der Waals surface area contributed by atoms with E-state index in [1.165, 1.54) is 6.20 Å². The summed E-state index contributed by atoms with van der Waals surface area (Å²) < 4.78 is 36.6. The molecule has 1 aromatic heterocycles. The minimum Gasteiger partial charge on any atom is -0.310 e. The Bertz CT molecular complexity index is 391. The third kappa shape index (κ3) is 4.60. The summed E-state index contributed by atoms with van der Waals surface area (Å²) in [5, 5.41) is 3.25. The maximum atomic E-state index is 12.2. The highest BCUT2D eigenvalue weighted by Crippen LogP contribution is 2.21. The number of nitrogens with one attached hydrogen (secondary N) is 1. The summed E-state index contributed by atoms with van der Waals surface area (Å²) in [6.07, 6.45) is -2.86. The summed E-state index contributed by atoms with van der Waals surface area (Å²) >= 11 is 0. The topological polar surface area (TPSA) is 37.8 Å². The van der Waals surface area contributed by atoms with Crippen molar-refractivity contribution < 1.29 is 13.2 Å². The molecule has 0 spiro atoms. The zero-order valence-corrected chi connectivity index (χ0v) is 10.8. The van der Waals surface area contributed by atoms with E-state index in [0.29, 0.717) is 5.69 Å². The Morgan fingerprint density at radius 1 is 1.39 bits per heavy atom. The zero-order valence-electron chi connectivity index (χ0n) is 10.8. The van der Waals surface area contributed by atoms with Crippen LogP contribution in [0.25, 0.3) is 0 Å². The molecule has 102 valence electrons. The van der Waals surface area contributed by atoms with Crippen LogP contribution in [0, 0.1) is 6.92 Å². The maximum Gasteiger partial charge on any atom is 0.396 e. The first-order chi connectivity index (χ1) is 8.33. The monoisotopic (exact) mass is 261 g/mol. The highest BCUT2D eigenvalue weighted by Gasteiger charge is 2.29. The molecule has 1 atom stereocenters. The Labute approximate surface area is 105 Å².